The minimum atomic E-state index is -5.39. The van der Waals surface area contributed by atoms with Gasteiger partial charge in [-0.05, 0) is 203 Å². The zero-order chi connectivity index (χ0) is 109. The van der Waals surface area contributed by atoms with Gasteiger partial charge in [-0.15, -0.1) is 4.68 Å². The number of amides is 5. The van der Waals surface area contributed by atoms with E-state index in [0.717, 1.165) is 124 Å². The van der Waals surface area contributed by atoms with Crippen molar-refractivity contribution in [1.29, 1.82) is 0 Å². The van der Waals surface area contributed by atoms with Crippen LogP contribution < -0.4 is 15.3 Å². The van der Waals surface area contributed by atoms with Gasteiger partial charge in [-0.2, -0.15) is 52.2 Å². The number of carbonyl (C=O) groups is 6. The highest BCUT2D eigenvalue weighted by atomic mass is 32.2. The smallest absolute Gasteiger partial charge is 0.444 e. The predicted molar refractivity (Wildman–Crippen MR) is 564 cm³/mol. The number of nitrogens with zero attached hydrogens (tertiary/aromatic N) is 17. The summed E-state index contributed by atoms with van der Waals surface area (Å²) in [6.45, 7) is 48.8. The van der Waals surface area contributed by atoms with Crippen molar-refractivity contribution in [3.8, 4) is 0 Å². The van der Waals surface area contributed by atoms with Crippen LogP contribution in [0.4, 0.5) is 37.1 Å². The Bertz CT molecular complexity index is 6050. The quantitative estimate of drug-likeness (QED) is 0.0192. The number of benzene rings is 3. The number of aromatic nitrogens is 12. The Morgan fingerprint density at radius 2 is 0.906 bits per heavy atom. The minimum absolute atomic E-state index is 0. The van der Waals surface area contributed by atoms with Crippen molar-refractivity contribution in [1.82, 2.24) is 99.4 Å². The summed E-state index contributed by atoms with van der Waals surface area (Å²) in [7, 11) is 1.69. The first-order valence-corrected chi connectivity index (χ1v) is 56.3. The normalized spacial score (nSPS) is 20.3. The van der Waals surface area contributed by atoms with Gasteiger partial charge in [0, 0.05) is 201 Å². The lowest BCUT2D eigenvalue weighted by Crippen LogP contribution is -2.44. The molecule has 40 heteroatoms. The number of ether oxygens (including phenoxy) is 5. The fourth-order valence-electron chi connectivity index (χ4n) is 19.1. The number of carbonyl (C=O) groups excluding carboxylic acids is 6. The molecule has 3 unspecified atom stereocenters. The molecule has 6 aliphatic carbocycles. The highest BCUT2D eigenvalue weighted by Gasteiger charge is 2.56. The van der Waals surface area contributed by atoms with Crippen molar-refractivity contribution in [3.05, 3.63) is 212 Å². The van der Waals surface area contributed by atoms with E-state index in [1.807, 2.05) is 188 Å². The van der Waals surface area contributed by atoms with Crippen molar-refractivity contribution in [2.45, 2.75) is 350 Å². The molecular weight excluding hydrogens is 1940 g/mol. The maximum atomic E-state index is 13.2. The number of alkyl halides is 3. The van der Waals surface area contributed by atoms with Gasteiger partial charge in [-0.3, -0.25) is 48.3 Å². The van der Waals surface area contributed by atoms with E-state index in [1.54, 1.807) is 37.4 Å². The van der Waals surface area contributed by atoms with Gasteiger partial charge in [-0.25, -0.2) is 24.0 Å². The van der Waals surface area contributed by atoms with Crippen LogP contribution in [0.15, 0.2) is 128 Å². The monoisotopic (exact) mass is 2110 g/mol. The highest BCUT2D eigenvalue weighted by Crippen LogP contribution is 2.54. The lowest BCUT2D eigenvalue weighted by Gasteiger charge is -2.32. The van der Waals surface area contributed by atoms with Crippen LogP contribution in [0.1, 0.15) is 286 Å². The largest absolute Gasteiger partial charge is 0.522 e. The van der Waals surface area contributed by atoms with E-state index in [4.69, 9.17) is 25.1 Å². The van der Waals surface area contributed by atoms with Crippen LogP contribution in [-0.2, 0) is 156 Å². The summed E-state index contributed by atoms with van der Waals surface area (Å²) in [5.74, 6) is 1.51. The van der Waals surface area contributed by atoms with E-state index in [2.05, 4.69) is 156 Å². The van der Waals surface area contributed by atoms with Gasteiger partial charge in [-0.1, -0.05) is 112 Å². The molecule has 0 saturated heterocycles. The van der Waals surface area contributed by atoms with Crippen LogP contribution in [-0.4, -0.2) is 227 Å². The van der Waals surface area contributed by atoms with E-state index in [-0.39, 0.29) is 60.8 Å². The van der Waals surface area contributed by atoms with Gasteiger partial charge in [0.25, 0.3) is 0 Å². The highest BCUT2D eigenvalue weighted by molar-refractivity contribution is 7.88. The third kappa shape index (κ3) is 33.6. The van der Waals surface area contributed by atoms with Crippen LogP contribution >= 0.6 is 0 Å². The maximum absolute atomic E-state index is 13.2. The molecule has 12 heterocycles. The summed E-state index contributed by atoms with van der Waals surface area (Å²) in [6.07, 6.45) is 21.9. The number of hydrogen-bond acceptors (Lipinski definition) is 23. The van der Waals surface area contributed by atoms with Crippen LogP contribution in [0.3, 0.4) is 0 Å². The topological polar surface area (TPSA) is 358 Å². The first-order valence-electron chi connectivity index (χ1n) is 52.2. The second-order valence-electron chi connectivity index (χ2n) is 47.4. The maximum Gasteiger partial charge on any atom is 0.522 e. The Kier molecular flexibility index (Phi) is 36.1. The third-order valence-electron chi connectivity index (χ3n) is 26.8. The number of aldehydes is 1. The molecule has 6 fully saturated rings. The number of H-pyrrole nitrogens is 2. The molecule has 149 heavy (non-hydrogen) atoms. The van der Waals surface area contributed by atoms with Crippen molar-refractivity contribution in [2.75, 3.05) is 32.7 Å². The van der Waals surface area contributed by atoms with E-state index < -0.39 is 51.9 Å². The fourth-order valence-corrected chi connectivity index (χ4v) is 22.1. The number of rotatable bonds is 19. The molecule has 818 valence electrons. The predicted octanol–water partition coefficient (Wildman–Crippen LogP) is 18.5. The zero-order valence-corrected chi connectivity index (χ0v) is 92.9. The summed E-state index contributed by atoms with van der Waals surface area (Å²) in [4.78, 5) is 86.5. The Morgan fingerprint density at radius 1 is 0.510 bits per heavy atom. The molecule has 35 nitrogen and oxygen atoms in total. The summed E-state index contributed by atoms with van der Waals surface area (Å²) >= 11 is 0. The average Bonchev–Trinajstić information content (AvgIpc) is 1.59. The number of nitrogens with one attached hydrogen (secondary N) is 4. The van der Waals surface area contributed by atoms with Crippen LogP contribution in [0.5, 0.6) is 0 Å². The van der Waals surface area contributed by atoms with Crippen LogP contribution in [0, 0.1) is 16.2 Å². The molecule has 0 bridgehead atoms. The van der Waals surface area contributed by atoms with Gasteiger partial charge >= 0.3 is 46.1 Å². The molecular formula is C109H163F3N21O14SSi+. The fraction of sp³-hybridized carbons (Fsp3) is 0.615. The van der Waals surface area contributed by atoms with E-state index in [9.17, 15) is 50.4 Å². The van der Waals surface area contributed by atoms with Gasteiger partial charge in [0.05, 0.1) is 79.2 Å². The molecule has 21 rings (SSSR count). The van der Waals surface area contributed by atoms with Crippen molar-refractivity contribution >= 4 is 55.2 Å². The SMILES string of the molecule is C.CC(C)(C)OC(=O)N(CC1(C=O)CC1)[C@H]1CC1c1ccccc1.CC(C)(C)OC(=O)N1Cc2cn[nH]c2C1.C[Si](C)(C)OS(=O)(=O)C(F)(F)F.C[n+]1[nH]cc2c1CN(C(=O)OC(C)(C)C)C2.Cn1cc2c(n1)CN(C(=O)OC(C)(C)C)C2.Cn1cc2c(n1)CN(CC1(CN(C(=O)OC(C)(C)C)[C@H]3CC3c3ccccc3)CC1)C2.Cn1cc2c(n1)CN(CC1(CN[C@H]3CC3c3ccccc3)CC1)C2.Cn1cc2c(n1)CNC2.[2H]CC. The van der Waals surface area contributed by atoms with Crippen LogP contribution in [0.25, 0.3) is 0 Å². The molecule has 6 atom stereocenters. The standard InChI is InChI=1S/C25H34N4O2.C20H26N4.C19H25NO3.2C11H17N3O2.C10H15N3O2.C6H9N3.C4H9F3O3SSi.C2H6.CH4/c1-24(2,3)31-23(30)29(22-12-20(22)18-8-6-5-7-9-18)17-25(10-11-25)16-28-14-19-13-27(4)26-21(19)15-28;1-23-10-16-11-24(12-19(16)22-23)14-20(7-8-20)13-21-18-9-17(18)15-5-3-2-4-6-15;1-18(2,3)23-17(22)20(12-19(13-21)9-10-19)16-11-15(16)14-7-5-4-6-8-14;1-11(2,3)16-10(15)14-6-8-5-13(4)12-9(8)7-14;1-11(2,3)16-10(15)14-6-8-5-12-13(4)9(8)7-14;1-10(2,3)15-9(14)13-5-7-4-11-12-8(7)6-13;1-9-4-5-2-7-3-6(5)8-9;1-12(2,3)10-11(8,9)4(5,6)7;1-2;/h5-9,13,20,22H,10-12,14-17H2,1-4H3;2-6,10,17-18,21H,7-9,11-14H2,1H3;4-8,13,15-16H,9-12H2,1-3H3;2*5H,6-7H2,1-4H3;4H,5-6H2,1-3H3,(H,11,12);4,7H,2-3H2,1H3;1-3H3;1-2H3;1H4/p+1/t20?,22-;17?,18-;15?,16-;;;;;;;/m000......./s1/i;;;;;;;;1D;. The van der Waals surface area contributed by atoms with Crippen LogP contribution in [0.2, 0.25) is 19.6 Å². The summed E-state index contributed by atoms with van der Waals surface area (Å²) in [5, 5.41) is 34.6. The molecule has 5 amide bonds. The van der Waals surface area contributed by atoms with E-state index in [1.165, 1.54) is 115 Å². The second-order valence-corrected chi connectivity index (χ2v) is 53.6. The third-order valence-corrected chi connectivity index (χ3v) is 30.2. The summed E-state index contributed by atoms with van der Waals surface area (Å²) in [6, 6.07) is 32.9. The Hall–Kier alpha value is -11.3. The molecule has 9 aromatic rings. The number of hydrogen-bond donors (Lipinski definition) is 4. The number of aromatic amines is 2. The van der Waals surface area contributed by atoms with Crippen molar-refractivity contribution in [3.63, 3.8) is 0 Å². The first kappa shape index (κ1) is 115. The Labute approximate surface area is 880 Å². The van der Waals surface area contributed by atoms with Crippen molar-refractivity contribution in [2.24, 2.45) is 51.5 Å². The minimum Gasteiger partial charge on any atom is -0.444 e. The molecule has 6 aromatic heterocycles. The molecule has 0 spiro atoms. The van der Waals surface area contributed by atoms with E-state index >= 15 is 0 Å². The number of aryl methyl sites for hydroxylation is 5. The number of fused-ring (bicyclic) bond motifs is 6. The average molecular weight is 2110 g/mol. The lowest BCUT2D eigenvalue weighted by molar-refractivity contribution is -0.733. The van der Waals surface area contributed by atoms with Gasteiger partial charge < -0.3 is 52.8 Å². The summed E-state index contributed by atoms with van der Waals surface area (Å²) < 4.78 is 103. The first-order chi connectivity index (χ1) is 69.7. The Morgan fingerprint density at radius 3 is 1.30 bits per heavy atom. The van der Waals surface area contributed by atoms with Gasteiger partial charge in [0.2, 0.25) is 14.0 Å². The van der Waals surface area contributed by atoms with E-state index in [0.29, 0.717) is 76.0 Å². The molecule has 6 aliphatic heterocycles. The lowest BCUT2D eigenvalue weighted by atomic mass is 10.1. The second kappa shape index (κ2) is 46.9. The molecule has 3 aromatic carbocycles. The summed E-state index contributed by atoms with van der Waals surface area (Å²) in [5.41, 5.74) is 11.1. The molecule has 0 radical (unpaired) electrons. The molecule has 12 aliphatic rings. The number of halogens is 3. The molecule has 4 N–H and O–H groups in total. The van der Waals surface area contributed by atoms with Gasteiger partial charge in [0.1, 0.15) is 40.8 Å². The van der Waals surface area contributed by atoms with Gasteiger partial charge in [0.15, 0.2) is 7.05 Å². The van der Waals surface area contributed by atoms with Crippen molar-refractivity contribution < 1.29 is 84.0 Å². The molecule has 6 saturated carbocycles. The zero-order valence-electron chi connectivity index (χ0n) is 92.1. The Balaban J connectivity index is 0.000000155.